The average Bonchev–Trinajstić information content (AvgIpc) is 3.93. The third kappa shape index (κ3) is 10.5. The highest BCUT2D eigenvalue weighted by Crippen LogP contribution is 2.25. The molecule has 0 amide bonds. The second-order valence-corrected chi connectivity index (χ2v) is 19.7. The van der Waals surface area contributed by atoms with Crippen LogP contribution in [0.4, 0.5) is 0 Å². The van der Waals surface area contributed by atoms with Gasteiger partial charge in [0.2, 0.25) is 20.0 Å². The van der Waals surface area contributed by atoms with Crippen molar-refractivity contribution >= 4 is 63.4 Å². The summed E-state index contributed by atoms with van der Waals surface area (Å²) in [5, 5.41) is 11.6. The molecule has 0 spiro atoms. The van der Waals surface area contributed by atoms with Gasteiger partial charge in [0.1, 0.15) is 0 Å². The van der Waals surface area contributed by atoms with E-state index in [1.165, 1.54) is 0 Å². The molecule has 68 heavy (non-hydrogen) atoms. The first kappa shape index (κ1) is 45.3. The minimum Gasteiger partial charge on any atom is -0.289 e. The first-order chi connectivity index (χ1) is 32.8. The van der Waals surface area contributed by atoms with E-state index in [2.05, 4.69) is 39.6 Å². The first-order valence-corrected chi connectivity index (χ1v) is 24.5. The minimum absolute atomic E-state index is 0.103. The summed E-state index contributed by atoms with van der Waals surface area (Å²) in [5.41, 5.74) is 6.33. The van der Waals surface area contributed by atoms with E-state index in [1.807, 2.05) is 38.6 Å². The number of nitrogens with zero attached hydrogens (tertiary/aromatic N) is 8. The Labute approximate surface area is 390 Å². The summed E-state index contributed by atoms with van der Waals surface area (Å²) >= 11 is 0. The zero-order chi connectivity index (χ0) is 47.4. The Morgan fingerprint density at radius 1 is 0.471 bits per heavy atom. The van der Waals surface area contributed by atoms with Crippen molar-refractivity contribution in [2.24, 2.45) is 14.1 Å². The molecule has 0 bridgehead atoms. The first-order valence-electron chi connectivity index (χ1n) is 21.2. The molecule has 0 unspecified atom stereocenters. The van der Waals surface area contributed by atoms with E-state index in [9.17, 15) is 26.4 Å². The van der Waals surface area contributed by atoms with Crippen molar-refractivity contribution in [3.05, 3.63) is 202 Å². The van der Waals surface area contributed by atoms with Crippen molar-refractivity contribution in [1.29, 1.82) is 0 Å². The van der Waals surface area contributed by atoms with Crippen LogP contribution in [-0.2, 0) is 58.7 Å². The Morgan fingerprint density at radius 2 is 0.897 bits per heavy atom. The van der Waals surface area contributed by atoms with Gasteiger partial charge in [0.15, 0.2) is 10.9 Å². The smallest absolute Gasteiger partial charge is 0.216 e. The van der Waals surface area contributed by atoms with Crippen molar-refractivity contribution in [3.8, 4) is 22.3 Å². The SMILES string of the molecule is Cn1cc(-c2cnc3ccc4ccc(CS(=O)(=O)NCc5ccccn5)cc4c(=O)c3c2)cn1.Cn1cc(-c2cnc3ccc4ccc(CS(=O)(=O)NCc5ccccn5)cc4c(=O)c3c2)cn1. The van der Waals surface area contributed by atoms with Crippen molar-refractivity contribution in [3.63, 3.8) is 0 Å². The number of hydrogen-bond acceptors (Lipinski definition) is 12. The number of benzene rings is 2. The molecule has 16 nitrogen and oxygen atoms in total. The summed E-state index contributed by atoms with van der Waals surface area (Å²) < 4.78 is 59.0. The molecular formula is C50H42N10O6S2. The van der Waals surface area contributed by atoms with Gasteiger partial charge in [0.25, 0.3) is 0 Å². The van der Waals surface area contributed by atoms with Crippen LogP contribution in [0.1, 0.15) is 22.5 Å². The lowest BCUT2D eigenvalue weighted by Gasteiger charge is -2.07. The molecule has 6 aromatic heterocycles. The van der Waals surface area contributed by atoms with Gasteiger partial charge in [-0.15, -0.1) is 0 Å². The van der Waals surface area contributed by atoms with E-state index in [4.69, 9.17) is 0 Å². The van der Waals surface area contributed by atoms with Crippen molar-refractivity contribution < 1.29 is 16.8 Å². The Morgan fingerprint density at radius 3 is 1.28 bits per heavy atom. The quantitative estimate of drug-likeness (QED) is 0.138. The molecule has 4 aromatic carbocycles. The van der Waals surface area contributed by atoms with Crippen molar-refractivity contribution in [2.75, 3.05) is 0 Å². The molecule has 0 saturated carbocycles. The summed E-state index contributed by atoms with van der Waals surface area (Å²) in [5.74, 6) is -0.490. The van der Waals surface area contributed by atoms with Crippen LogP contribution in [0.15, 0.2) is 168 Å². The summed E-state index contributed by atoms with van der Waals surface area (Å²) in [4.78, 5) is 44.2. The lowest BCUT2D eigenvalue weighted by Crippen LogP contribution is -2.25. The summed E-state index contributed by atoms with van der Waals surface area (Å²) in [7, 11) is -3.61. The average molecular weight is 943 g/mol. The molecule has 340 valence electrons. The molecule has 0 fully saturated rings. The predicted octanol–water partition coefficient (Wildman–Crippen LogP) is 6.33. The van der Waals surface area contributed by atoms with Crippen LogP contribution in [0, 0.1) is 0 Å². The monoisotopic (exact) mass is 942 g/mol. The normalized spacial score (nSPS) is 11.8. The maximum absolute atomic E-state index is 13.5. The maximum Gasteiger partial charge on any atom is 0.216 e. The van der Waals surface area contributed by atoms with E-state index < -0.39 is 20.0 Å². The number of aromatic nitrogens is 8. The van der Waals surface area contributed by atoms with Crippen molar-refractivity contribution in [1.82, 2.24) is 48.9 Å². The fourth-order valence-corrected chi connectivity index (χ4v) is 9.82. The summed E-state index contributed by atoms with van der Waals surface area (Å²) in [6.45, 7) is 0.206. The number of fused-ring (bicyclic) bond motifs is 4. The molecule has 0 aliphatic rings. The Kier molecular flexibility index (Phi) is 12.7. The number of rotatable bonds is 12. The molecular weight excluding hydrogens is 901 g/mol. The number of nitrogens with one attached hydrogen (secondary N) is 2. The lowest BCUT2D eigenvalue weighted by atomic mass is 10.1. The van der Waals surface area contributed by atoms with Crippen LogP contribution in [0.5, 0.6) is 0 Å². The van der Waals surface area contributed by atoms with Gasteiger partial charge in [0.05, 0.1) is 59.4 Å². The highest BCUT2D eigenvalue weighted by molar-refractivity contribution is 7.88. The molecule has 0 saturated heterocycles. The van der Waals surface area contributed by atoms with E-state index in [1.54, 1.807) is 144 Å². The van der Waals surface area contributed by atoms with E-state index in [0.717, 1.165) is 22.3 Å². The van der Waals surface area contributed by atoms with Crippen LogP contribution < -0.4 is 20.3 Å². The zero-order valence-electron chi connectivity index (χ0n) is 36.7. The van der Waals surface area contributed by atoms with Crippen LogP contribution >= 0.6 is 0 Å². The second-order valence-electron chi connectivity index (χ2n) is 16.1. The van der Waals surface area contributed by atoms with Gasteiger partial charge < -0.3 is 0 Å². The molecule has 6 heterocycles. The van der Waals surface area contributed by atoms with Crippen LogP contribution in [-0.4, -0.2) is 56.3 Å². The van der Waals surface area contributed by atoms with E-state index in [0.29, 0.717) is 65.9 Å². The third-order valence-electron chi connectivity index (χ3n) is 11.1. The Hall–Kier alpha value is -7.90. The number of pyridine rings is 4. The molecule has 0 aliphatic carbocycles. The third-order valence-corrected chi connectivity index (χ3v) is 13.7. The second kappa shape index (κ2) is 19.1. The molecule has 18 heteroatoms. The summed E-state index contributed by atoms with van der Waals surface area (Å²) in [6.07, 6.45) is 13.8. The van der Waals surface area contributed by atoms with E-state index >= 15 is 0 Å². The molecule has 10 aromatic rings. The molecule has 10 rings (SSSR count). The van der Waals surface area contributed by atoms with Gasteiger partial charge in [-0.1, -0.05) is 48.5 Å². The van der Waals surface area contributed by atoms with Gasteiger partial charge in [0, 0.05) is 95.1 Å². The van der Waals surface area contributed by atoms with Gasteiger partial charge >= 0.3 is 0 Å². The minimum atomic E-state index is -3.63. The van der Waals surface area contributed by atoms with Crippen LogP contribution in [0.25, 0.3) is 65.6 Å². The largest absolute Gasteiger partial charge is 0.289 e. The fraction of sp³-hybridized carbons (Fsp3) is 0.120. The highest BCUT2D eigenvalue weighted by Gasteiger charge is 2.16. The molecule has 0 atom stereocenters. The molecule has 0 aliphatic heterocycles. The Bertz CT molecular complexity index is 3620. The Balaban J connectivity index is 0.000000170. The van der Waals surface area contributed by atoms with Gasteiger partial charge in [-0.3, -0.25) is 38.9 Å². The standard InChI is InChI=1S/2C25H21N5O3S/c2*1-30-15-20(13-28-30)19-11-23-24(27-12-19)8-7-18-6-5-17(10-22(18)25(23)31)16-34(32,33)29-14-21-4-2-3-9-26-21/h2*2-13,15,29H,14,16H2,1H3. The van der Waals surface area contributed by atoms with Crippen molar-refractivity contribution in [2.45, 2.75) is 24.6 Å². The topological polar surface area (TPSA) is 214 Å². The van der Waals surface area contributed by atoms with Crippen LogP contribution in [0.2, 0.25) is 0 Å². The predicted molar refractivity (Wildman–Crippen MR) is 263 cm³/mol. The number of aryl methyl sites for hydroxylation is 2. The fourth-order valence-electron chi connectivity index (χ4n) is 7.65. The van der Waals surface area contributed by atoms with Gasteiger partial charge in [-0.2, -0.15) is 10.2 Å². The van der Waals surface area contributed by atoms with Gasteiger partial charge in [-0.25, -0.2) is 26.3 Å². The highest BCUT2D eigenvalue weighted by atomic mass is 32.2. The molecule has 2 N–H and O–H groups in total. The lowest BCUT2D eigenvalue weighted by molar-refractivity contribution is 0.578. The summed E-state index contributed by atoms with van der Waals surface area (Å²) in [6, 6.07) is 31.8. The van der Waals surface area contributed by atoms with Gasteiger partial charge in [-0.05, 0) is 82.6 Å². The van der Waals surface area contributed by atoms with E-state index in [-0.39, 0.29) is 35.5 Å². The number of sulfonamides is 2. The zero-order valence-corrected chi connectivity index (χ0v) is 38.3. The number of hydrogen-bond donors (Lipinski definition) is 2. The molecule has 0 radical (unpaired) electrons. The maximum atomic E-state index is 13.5. The van der Waals surface area contributed by atoms with Crippen LogP contribution in [0.3, 0.4) is 0 Å².